The number of nitrogens with zero attached hydrogens (tertiary/aromatic N) is 1. The van der Waals surface area contributed by atoms with E-state index >= 15 is 0 Å². The average Bonchev–Trinajstić information content (AvgIpc) is 2.27. The molecule has 0 bridgehead atoms. The summed E-state index contributed by atoms with van der Waals surface area (Å²) in [7, 11) is -1.73. The van der Waals surface area contributed by atoms with Crippen LogP contribution >= 0.6 is 0 Å². The number of methoxy groups -OCH3 is 1. The molecule has 100 valence electrons. The van der Waals surface area contributed by atoms with Gasteiger partial charge in [-0.05, 0) is 19.8 Å². The Bertz CT molecular complexity index is 361. The van der Waals surface area contributed by atoms with Gasteiger partial charge in [-0.25, -0.2) is 12.7 Å². The Kier molecular flexibility index (Phi) is 4.91. The predicted molar refractivity (Wildman–Crippen MR) is 64.1 cm³/mol. The van der Waals surface area contributed by atoms with E-state index in [1.54, 1.807) is 6.92 Å². The fraction of sp³-hybridized carbons (Fsp3) is 0.900. The molecule has 0 amide bonds. The third kappa shape index (κ3) is 4.25. The van der Waals surface area contributed by atoms with E-state index in [2.05, 4.69) is 10.1 Å². The molecule has 7 heteroatoms. The standard InChI is InChI=1S/C10H20N2O4S/c1-8(10(13)16-2)11-9-4-6-12(7-5-9)17(3,14)15/h8-9,11H,4-7H2,1-3H3. The van der Waals surface area contributed by atoms with Gasteiger partial charge in [0.25, 0.3) is 0 Å². The van der Waals surface area contributed by atoms with Crippen molar-refractivity contribution in [2.24, 2.45) is 0 Å². The lowest BCUT2D eigenvalue weighted by Crippen LogP contribution is -2.48. The number of esters is 1. The van der Waals surface area contributed by atoms with Crippen molar-refractivity contribution in [3.8, 4) is 0 Å². The number of nitrogens with one attached hydrogen (secondary N) is 1. The summed E-state index contributed by atoms with van der Waals surface area (Å²) < 4.78 is 28.7. The van der Waals surface area contributed by atoms with Gasteiger partial charge in [-0.2, -0.15) is 0 Å². The van der Waals surface area contributed by atoms with Crippen LogP contribution in [0.5, 0.6) is 0 Å². The van der Waals surface area contributed by atoms with Gasteiger partial charge < -0.3 is 10.1 Å². The van der Waals surface area contributed by atoms with Gasteiger partial charge in [-0.1, -0.05) is 0 Å². The van der Waals surface area contributed by atoms with E-state index in [9.17, 15) is 13.2 Å². The lowest BCUT2D eigenvalue weighted by molar-refractivity contribution is -0.142. The molecule has 0 spiro atoms. The molecule has 0 radical (unpaired) electrons. The molecule has 1 heterocycles. The molecule has 1 saturated heterocycles. The highest BCUT2D eigenvalue weighted by Crippen LogP contribution is 2.13. The Morgan fingerprint density at radius 1 is 1.41 bits per heavy atom. The predicted octanol–water partition coefficient (Wildman–Crippen LogP) is -0.438. The molecule has 1 unspecified atom stereocenters. The highest BCUT2D eigenvalue weighted by Gasteiger charge is 2.26. The highest BCUT2D eigenvalue weighted by molar-refractivity contribution is 7.88. The Labute approximate surface area is 102 Å². The Morgan fingerprint density at radius 2 is 1.94 bits per heavy atom. The first-order valence-corrected chi connectivity index (χ1v) is 7.48. The van der Waals surface area contributed by atoms with E-state index in [1.807, 2.05) is 0 Å². The van der Waals surface area contributed by atoms with Gasteiger partial charge in [0, 0.05) is 19.1 Å². The minimum atomic E-state index is -3.08. The van der Waals surface area contributed by atoms with Crippen molar-refractivity contribution < 1.29 is 17.9 Å². The normalized spacial score (nSPS) is 21.1. The summed E-state index contributed by atoms with van der Waals surface area (Å²) in [5.74, 6) is -0.296. The third-order valence-corrected chi connectivity index (χ3v) is 4.27. The lowest BCUT2D eigenvalue weighted by Gasteiger charge is -2.31. The summed E-state index contributed by atoms with van der Waals surface area (Å²) >= 11 is 0. The molecular weight excluding hydrogens is 244 g/mol. The molecule has 0 aromatic heterocycles. The minimum Gasteiger partial charge on any atom is -0.468 e. The lowest BCUT2D eigenvalue weighted by atomic mass is 10.1. The van der Waals surface area contributed by atoms with Crippen LogP contribution in [0.4, 0.5) is 0 Å². The van der Waals surface area contributed by atoms with Gasteiger partial charge in [0.2, 0.25) is 10.0 Å². The largest absolute Gasteiger partial charge is 0.468 e. The molecule has 1 aliphatic heterocycles. The number of ether oxygens (including phenoxy) is 1. The van der Waals surface area contributed by atoms with Crippen LogP contribution in [0.15, 0.2) is 0 Å². The van der Waals surface area contributed by atoms with Gasteiger partial charge in [-0.3, -0.25) is 4.79 Å². The van der Waals surface area contributed by atoms with E-state index in [-0.39, 0.29) is 18.1 Å². The van der Waals surface area contributed by atoms with Crippen LogP contribution in [0.2, 0.25) is 0 Å². The van der Waals surface area contributed by atoms with Crippen molar-refractivity contribution in [1.82, 2.24) is 9.62 Å². The fourth-order valence-corrected chi connectivity index (χ4v) is 2.83. The van der Waals surface area contributed by atoms with Crippen molar-refractivity contribution >= 4 is 16.0 Å². The number of carbonyl (C=O) groups is 1. The highest BCUT2D eigenvalue weighted by atomic mass is 32.2. The molecule has 0 aromatic carbocycles. The first kappa shape index (κ1) is 14.4. The summed E-state index contributed by atoms with van der Waals surface area (Å²) in [5.41, 5.74) is 0. The van der Waals surface area contributed by atoms with Crippen LogP contribution < -0.4 is 5.32 Å². The molecule has 1 fully saturated rings. The van der Waals surface area contributed by atoms with Gasteiger partial charge >= 0.3 is 5.97 Å². The monoisotopic (exact) mass is 264 g/mol. The molecule has 0 aliphatic carbocycles. The van der Waals surface area contributed by atoms with Crippen molar-refractivity contribution in [3.63, 3.8) is 0 Å². The zero-order chi connectivity index (χ0) is 13.1. The zero-order valence-corrected chi connectivity index (χ0v) is 11.3. The molecule has 1 N–H and O–H groups in total. The van der Waals surface area contributed by atoms with Crippen molar-refractivity contribution in [2.75, 3.05) is 26.5 Å². The Hall–Kier alpha value is -0.660. The SMILES string of the molecule is COC(=O)C(C)NC1CCN(S(C)(=O)=O)CC1. The molecule has 1 atom stereocenters. The summed E-state index contributed by atoms with van der Waals surface area (Å²) in [6.07, 6.45) is 2.65. The minimum absolute atomic E-state index is 0.169. The van der Waals surface area contributed by atoms with Crippen LogP contribution in [-0.4, -0.2) is 57.2 Å². The van der Waals surface area contributed by atoms with E-state index in [1.165, 1.54) is 17.7 Å². The number of carbonyl (C=O) groups excluding carboxylic acids is 1. The van der Waals surface area contributed by atoms with E-state index in [0.29, 0.717) is 25.9 Å². The van der Waals surface area contributed by atoms with Crippen LogP contribution in [0.1, 0.15) is 19.8 Å². The summed E-state index contributed by atoms with van der Waals surface area (Å²) in [6.45, 7) is 2.75. The molecule has 1 rings (SSSR count). The van der Waals surface area contributed by atoms with E-state index in [0.717, 1.165) is 0 Å². The van der Waals surface area contributed by atoms with Crippen LogP contribution in [-0.2, 0) is 19.6 Å². The van der Waals surface area contributed by atoms with E-state index in [4.69, 9.17) is 0 Å². The number of piperidine rings is 1. The number of hydrogen-bond acceptors (Lipinski definition) is 5. The van der Waals surface area contributed by atoms with Crippen LogP contribution in [0, 0.1) is 0 Å². The van der Waals surface area contributed by atoms with Crippen LogP contribution in [0.3, 0.4) is 0 Å². The first-order valence-electron chi connectivity index (χ1n) is 5.63. The molecule has 0 saturated carbocycles. The van der Waals surface area contributed by atoms with Crippen molar-refractivity contribution in [2.45, 2.75) is 31.8 Å². The summed E-state index contributed by atoms with van der Waals surface area (Å²) in [4.78, 5) is 11.2. The molecule has 1 aliphatic rings. The van der Waals surface area contributed by atoms with Gasteiger partial charge in [0.1, 0.15) is 6.04 Å². The quantitative estimate of drug-likeness (QED) is 0.697. The van der Waals surface area contributed by atoms with E-state index < -0.39 is 10.0 Å². The smallest absolute Gasteiger partial charge is 0.322 e. The maximum Gasteiger partial charge on any atom is 0.322 e. The molecular formula is C10H20N2O4S. The number of rotatable bonds is 4. The molecule has 6 nitrogen and oxygen atoms in total. The second-order valence-corrected chi connectivity index (χ2v) is 6.33. The number of hydrogen-bond donors (Lipinski definition) is 1. The maximum absolute atomic E-state index is 11.3. The van der Waals surface area contributed by atoms with Gasteiger partial charge in [0.15, 0.2) is 0 Å². The zero-order valence-electron chi connectivity index (χ0n) is 10.5. The summed E-state index contributed by atoms with van der Waals surface area (Å²) in [6, 6.07) is -0.183. The van der Waals surface area contributed by atoms with Crippen molar-refractivity contribution in [1.29, 1.82) is 0 Å². The third-order valence-electron chi connectivity index (χ3n) is 2.96. The Balaban J connectivity index is 2.40. The average molecular weight is 264 g/mol. The Morgan fingerprint density at radius 3 is 2.35 bits per heavy atom. The fourth-order valence-electron chi connectivity index (χ4n) is 1.95. The van der Waals surface area contributed by atoms with Crippen LogP contribution in [0.25, 0.3) is 0 Å². The van der Waals surface area contributed by atoms with Gasteiger partial charge in [-0.15, -0.1) is 0 Å². The maximum atomic E-state index is 11.3. The number of sulfonamides is 1. The second kappa shape index (κ2) is 5.79. The first-order chi connectivity index (χ1) is 7.84. The van der Waals surface area contributed by atoms with Gasteiger partial charge in [0.05, 0.1) is 13.4 Å². The molecule has 0 aromatic rings. The molecule has 17 heavy (non-hydrogen) atoms. The second-order valence-electron chi connectivity index (χ2n) is 4.35. The summed E-state index contributed by atoms with van der Waals surface area (Å²) in [5, 5.41) is 3.15. The van der Waals surface area contributed by atoms with Crippen molar-refractivity contribution in [3.05, 3.63) is 0 Å². The topological polar surface area (TPSA) is 75.7 Å².